The lowest BCUT2D eigenvalue weighted by Crippen LogP contribution is -2.40. The molecule has 0 N–H and O–H groups in total. The highest BCUT2D eigenvalue weighted by atomic mass is 16.5. The van der Waals surface area contributed by atoms with Gasteiger partial charge in [-0.05, 0) is 41.5 Å². The molecule has 0 saturated carbocycles. The smallest absolute Gasteiger partial charge is 0.254 e. The molecule has 1 aromatic carbocycles. The Morgan fingerprint density at radius 2 is 1.86 bits per heavy atom. The van der Waals surface area contributed by atoms with Gasteiger partial charge in [-0.25, -0.2) is 0 Å². The van der Waals surface area contributed by atoms with Crippen LogP contribution in [-0.4, -0.2) is 37.1 Å². The van der Waals surface area contributed by atoms with Crippen LogP contribution in [0.5, 0.6) is 0 Å². The Morgan fingerprint density at radius 1 is 1.19 bits per heavy atom. The van der Waals surface area contributed by atoms with Gasteiger partial charge in [-0.3, -0.25) is 4.79 Å². The zero-order chi connectivity index (χ0) is 15.4. The van der Waals surface area contributed by atoms with Gasteiger partial charge in [-0.1, -0.05) is 33.8 Å². The molecule has 116 valence electrons. The summed E-state index contributed by atoms with van der Waals surface area (Å²) in [4.78, 5) is 14.5. The normalized spacial score (nSPS) is 15.8. The van der Waals surface area contributed by atoms with E-state index in [1.807, 2.05) is 11.0 Å². The molecule has 1 heterocycles. The van der Waals surface area contributed by atoms with Crippen LogP contribution in [0.4, 0.5) is 0 Å². The number of hydrogen-bond acceptors (Lipinski definition) is 2. The lowest BCUT2D eigenvalue weighted by Gasteiger charge is -2.27. The highest BCUT2D eigenvalue weighted by Crippen LogP contribution is 2.24. The van der Waals surface area contributed by atoms with E-state index in [-0.39, 0.29) is 5.91 Å². The van der Waals surface area contributed by atoms with Crippen molar-refractivity contribution in [2.75, 3.05) is 26.3 Å². The molecule has 1 saturated heterocycles. The molecule has 0 radical (unpaired) electrons. The van der Waals surface area contributed by atoms with E-state index < -0.39 is 0 Å². The van der Waals surface area contributed by atoms with Crippen molar-refractivity contribution in [3.63, 3.8) is 0 Å². The maximum atomic E-state index is 12.6. The van der Waals surface area contributed by atoms with E-state index in [9.17, 15) is 4.79 Å². The molecule has 0 aliphatic carbocycles. The van der Waals surface area contributed by atoms with Crippen LogP contribution in [0.1, 0.15) is 55.1 Å². The van der Waals surface area contributed by atoms with Crippen molar-refractivity contribution < 1.29 is 9.53 Å². The van der Waals surface area contributed by atoms with Gasteiger partial charge in [-0.2, -0.15) is 0 Å². The number of ether oxygens (including phenoxy) is 1. The predicted octanol–water partition coefficient (Wildman–Crippen LogP) is 3.48. The molecular weight excluding hydrogens is 262 g/mol. The van der Waals surface area contributed by atoms with E-state index in [2.05, 4.69) is 39.8 Å². The molecule has 0 atom stereocenters. The summed E-state index contributed by atoms with van der Waals surface area (Å²) < 4.78 is 5.32. The van der Waals surface area contributed by atoms with Gasteiger partial charge in [0.05, 0.1) is 13.2 Å². The molecule has 3 heteroatoms. The number of carbonyl (C=O) groups excluding carboxylic acids is 1. The highest BCUT2D eigenvalue weighted by Gasteiger charge is 2.20. The first-order valence-electron chi connectivity index (χ1n) is 7.99. The Bertz CT molecular complexity index is 488. The summed E-state index contributed by atoms with van der Waals surface area (Å²) in [7, 11) is 0. The third-order valence-corrected chi connectivity index (χ3v) is 3.94. The topological polar surface area (TPSA) is 29.5 Å². The summed E-state index contributed by atoms with van der Waals surface area (Å²) in [5.41, 5.74) is 3.50. The number of nitrogens with zero attached hydrogens (tertiary/aromatic N) is 1. The molecule has 1 aliphatic rings. The summed E-state index contributed by atoms with van der Waals surface area (Å²) in [6.07, 6.45) is 1.03. The molecule has 1 amide bonds. The molecule has 0 aromatic heterocycles. The van der Waals surface area contributed by atoms with Crippen LogP contribution < -0.4 is 0 Å². The molecule has 1 aromatic rings. The monoisotopic (exact) mass is 289 g/mol. The van der Waals surface area contributed by atoms with Crippen molar-refractivity contribution in [3.8, 4) is 0 Å². The highest BCUT2D eigenvalue weighted by molar-refractivity contribution is 5.94. The van der Waals surface area contributed by atoms with Gasteiger partial charge >= 0.3 is 0 Å². The molecule has 0 spiro atoms. The Hall–Kier alpha value is -1.35. The van der Waals surface area contributed by atoms with Gasteiger partial charge in [0.25, 0.3) is 5.91 Å². The SMILES string of the molecule is CC(C)Cc1cc(C(=O)N2CCOCC2)ccc1C(C)C. The fourth-order valence-corrected chi connectivity index (χ4v) is 2.87. The fraction of sp³-hybridized carbons (Fsp3) is 0.611. The van der Waals surface area contributed by atoms with E-state index in [0.29, 0.717) is 38.1 Å². The quantitative estimate of drug-likeness (QED) is 0.849. The van der Waals surface area contributed by atoms with Gasteiger partial charge in [-0.15, -0.1) is 0 Å². The second-order valence-electron chi connectivity index (χ2n) is 6.57. The molecule has 0 unspecified atom stereocenters. The minimum absolute atomic E-state index is 0.138. The zero-order valence-electron chi connectivity index (χ0n) is 13.7. The van der Waals surface area contributed by atoms with Crippen LogP contribution in [0.2, 0.25) is 0 Å². The minimum Gasteiger partial charge on any atom is -0.378 e. The van der Waals surface area contributed by atoms with Gasteiger partial charge in [0.2, 0.25) is 0 Å². The molecule has 0 bridgehead atoms. The molecule has 1 aliphatic heterocycles. The average Bonchev–Trinajstić information content (AvgIpc) is 2.46. The first kappa shape index (κ1) is 16.0. The van der Waals surface area contributed by atoms with Gasteiger partial charge in [0, 0.05) is 18.7 Å². The maximum absolute atomic E-state index is 12.6. The molecule has 3 nitrogen and oxygen atoms in total. The van der Waals surface area contributed by atoms with Crippen LogP contribution in [0.25, 0.3) is 0 Å². The summed E-state index contributed by atoms with van der Waals surface area (Å²) in [5, 5.41) is 0. The number of benzene rings is 1. The summed E-state index contributed by atoms with van der Waals surface area (Å²) in [6.45, 7) is 11.6. The van der Waals surface area contributed by atoms with Crippen LogP contribution in [0, 0.1) is 5.92 Å². The average molecular weight is 289 g/mol. The van der Waals surface area contributed by atoms with Crippen molar-refractivity contribution in [2.45, 2.75) is 40.0 Å². The largest absolute Gasteiger partial charge is 0.378 e. The van der Waals surface area contributed by atoms with E-state index in [4.69, 9.17) is 4.74 Å². The Morgan fingerprint density at radius 3 is 2.43 bits per heavy atom. The van der Waals surface area contributed by atoms with Gasteiger partial charge < -0.3 is 9.64 Å². The van der Waals surface area contributed by atoms with Gasteiger partial charge in [0.15, 0.2) is 0 Å². The third-order valence-electron chi connectivity index (χ3n) is 3.94. The minimum atomic E-state index is 0.138. The van der Waals surface area contributed by atoms with Crippen LogP contribution in [0.3, 0.4) is 0 Å². The van der Waals surface area contributed by atoms with Crippen molar-refractivity contribution in [1.29, 1.82) is 0 Å². The van der Waals surface area contributed by atoms with Crippen molar-refractivity contribution in [3.05, 3.63) is 34.9 Å². The zero-order valence-corrected chi connectivity index (χ0v) is 13.7. The summed E-state index contributed by atoms with van der Waals surface area (Å²) >= 11 is 0. The second-order valence-corrected chi connectivity index (χ2v) is 6.57. The van der Waals surface area contributed by atoms with E-state index in [1.165, 1.54) is 11.1 Å². The van der Waals surface area contributed by atoms with E-state index in [0.717, 1.165) is 12.0 Å². The molecule has 21 heavy (non-hydrogen) atoms. The fourth-order valence-electron chi connectivity index (χ4n) is 2.87. The summed E-state index contributed by atoms with van der Waals surface area (Å²) in [6, 6.07) is 6.22. The van der Waals surface area contributed by atoms with Crippen LogP contribution in [-0.2, 0) is 11.2 Å². The summed E-state index contributed by atoms with van der Waals surface area (Å²) in [5.74, 6) is 1.22. The molecule has 2 rings (SSSR count). The Balaban J connectivity index is 2.25. The van der Waals surface area contributed by atoms with E-state index >= 15 is 0 Å². The number of amides is 1. The first-order chi connectivity index (χ1) is 9.99. The number of hydrogen-bond donors (Lipinski definition) is 0. The van der Waals surface area contributed by atoms with Crippen molar-refractivity contribution in [1.82, 2.24) is 4.90 Å². The third kappa shape index (κ3) is 4.07. The Kier molecular flexibility index (Phi) is 5.40. The number of rotatable bonds is 4. The van der Waals surface area contributed by atoms with Crippen LogP contribution >= 0.6 is 0 Å². The molecule has 1 fully saturated rings. The number of carbonyl (C=O) groups is 1. The van der Waals surface area contributed by atoms with E-state index in [1.54, 1.807) is 0 Å². The Labute approximate surface area is 128 Å². The number of morpholine rings is 1. The standard InChI is InChI=1S/C18H27NO2/c1-13(2)11-16-12-15(5-6-17(16)14(3)4)18(20)19-7-9-21-10-8-19/h5-6,12-14H,7-11H2,1-4H3. The second kappa shape index (κ2) is 7.08. The van der Waals surface area contributed by atoms with Crippen molar-refractivity contribution in [2.24, 2.45) is 5.92 Å². The predicted molar refractivity (Wildman–Crippen MR) is 85.8 cm³/mol. The van der Waals surface area contributed by atoms with Crippen molar-refractivity contribution >= 4 is 5.91 Å². The lowest BCUT2D eigenvalue weighted by atomic mass is 9.90. The first-order valence-corrected chi connectivity index (χ1v) is 7.99. The molecular formula is C18H27NO2. The lowest BCUT2D eigenvalue weighted by molar-refractivity contribution is 0.0303. The maximum Gasteiger partial charge on any atom is 0.254 e. The van der Waals surface area contributed by atoms with Crippen LogP contribution in [0.15, 0.2) is 18.2 Å². The van der Waals surface area contributed by atoms with Gasteiger partial charge in [0.1, 0.15) is 0 Å².